The average molecular weight is 224 g/mol. The molecular formula is C14H28N2. The van der Waals surface area contributed by atoms with E-state index in [1.54, 1.807) is 0 Å². The van der Waals surface area contributed by atoms with Gasteiger partial charge < -0.3 is 10.2 Å². The molecule has 2 fully saturated rings. The molecule has 2 heteroatoms. The Morgan fingerprint density at radius 3 is 2.06 bits per heavy atom. The van der Waals surface area contributed by atoms with E-state index < -0.39 is 0 Å². The van der Waals surface area contributed by atoms with Crippen molar-refractivity contribution in [2.45, 2.75) is 64.5 Å². The van der Waals surface area contributed by atoms with Gasteiger partial charge in [0.05, 0.1) is 0 Å². The fourth-order valence-corrected chi connectivity index (χ4v) is 3.30. The van der Waals surface area contributed by atoms with E-state index in [1.807, 2.05) is 0 Å². The molecule has 0 aromatic heterocycles. The lowest BCUT2D eigenvalue weighted by Crippen LogP contribution is -2.47. The molecule has 1 saturated carbocycles. The van der Waals surface area contributed by atoms with Gasteiger partial charge in [-0.3, -0.25) is 0 Å². The predicted molar refractivity (Wildman–Crippen MR) is 69.7 cm³/mol. The van der Waals surface area contributed by atoms with Gasteiger partial charge in [0.15, 0.2) is 0 Å². The van der Waals surface area contributed by atoms with Crippen molar-refractivity contribution >= 4 is 0 Å². The van der Waals surface area contributed by atoms with Gasteiger partial charge in [0.1, 0.15) is 0 Å². The van der Waals surface area contributed by atoms with Crippen LogP contribution in [0.15, 0.2) is 0 Å². The van der Waals surface area contributed by atoms with Crippen LogP contribution < -0.4 is 5.32 Å². The number of piperidine rings is 1. The second-order valence-electron chi connectivity index (χ2n) is 6.49. The minimum atomic E-state index is 0.611. The third-order valence-electron chi connectivity index (χ3n) is 4.76. The van der Waals surface area contributed by atoms with Gasteiger partial charge >= 0.3 is 0 Å². The van der Waals surface area contributed by atoms with Crippen LogP contribution in [0.3, 0.4) is 0 Å². The molecule has 2 aliphatic rings. The molecule has 0 amide bonds. The van der Waals surface area contributed by atoms with Crippen molar-refractivity contribution in [3.05, 3.63) is 0 Å². The van der Waals surface area contributed by atoms with E-state index in [2.05, 4.69) is 31.1 Å². The molecule has 1 aliphatic carbocycles. The third-order valence-corrected chi connectivity index (χ3v) is 4.76. The second kappa shape index (κ2) is 5.05. The highest BCUT2D eigenvalue weighted by molar-refractivity contribution is 4.86. The first-order valence-corrected chi connectivity index (χ1v) is 7.02. The summed E-state index contributed by atoms with van der Waals surface area (Å²) in [5.74, 6) is 0. The van der Waals surface area contributed by atoms with Gasteiger partial charge in [-0.25, -0.2) is 0 Å². The standard InChI is InChI=1S/C14H28N2/c1-14(2)8-4-13(5-9-14)16-10-6-12(15-3)7-11-16/h12-13,15H,4-11H2,1-3H3. The van der Waals surface area contributed by atoms with E-state index in [4.69, 9.17) is 0 Å². The van der Waals surface area contributed by atoms with E-state index in [0.29, 0.717) is 5.41 Å². The summed E-state index contributed by atoms with van der Waals surface area (Å²) in [6.07, 6.45) is 8.38. The van der Waals surface area contributed by atoms with Gasteiger partial charge in [0.25, 0.3) is 0 Å². The van der Waals surface area contributed by atoms with Crippen molar-refractivity contribution in [2.75, 3.05) is 20.1 Å². The van der Waals surface area contributed by atoms with Crippen LogP contribution in [0.5, 0.6) is 0 Å². The van der Waals surface area contributed by atoms with Crippen LogP contribution in [0.2, 0.25) is 0 Å². The highest BCUT2D eigenvalue weighted by atomic mass is 15.2. The first-order valence-electron chi connectivity index (χ1n) is 7.02. The predicted octanol–water partition coefficient (Wildman–Crippen LogP) is 2.64. The molecule has 0 bridgehead atoms. The zero-order chi connectivity index (χ0) is 11.6. The zero-order valence-electron chi connectivity index (χ0n) is 11.3. The fraction of sp³-hybridized carbons (Fsp3) is 1.00. The first-order chi connectivity index (χ1) is 7.61. The van der Waals surface area contributed by atoms with Gasteiger partial charge in [-0.2, -0.15) is 0 Å². The van der Waals surface area contributed by atoms with Crippen LogP contribution in [0.1, 0.15) is 52.4 Å². The van der Waals surface area contributed by atoms with Crippen LogP contribution in [-0.2, 0) is 0 Å². The molecule has 0 aromatic carbocycles. The maximum Gasteiger partial charge on any atom is 0.00956 e. The smallest absolute Gasteiger partial charge is 0.00956 e. The van der Waals surface area contributed by atoms with Crippen LogP contribution in [0.4, 0.5) is 0 Å². The van der Waals surface area contributed by atoms with Crippen LogP contribution in [-0.4, -0.2) is 37.1 Å². The molecule has 2 nitrogen and oxygen atoms in total. The average Bonchev–Trinajstić information content (AvgIpc) is 2.29. The minimum absolute atomic E-state index is 0.611. The molecule has 0 aromatic rings. The quantitative estimate of drug-likeness (QED) is 0.776. The summed E-state index contributed by atoms with van der Waals surface area (Å²) in [5, 5.41) is 3.41. The minimum Gasteiger partial charge on any atom is -0.317 e. The van der Waals surface area contributed by atoms with Crippen molar-refractivity contribution in [1.29, 1.82) is 0 Å². The number of hydrogen-bond acceptors (Lipinski definition) is 2. The molecule has 94 valence electrons. The van der Waals surface area contributed by atoms with E-state index in [9.17, 15) is 0 Å². The monoisotopic (exact) mass is 224 g/mol. The van der Waals surface area contributed by atoms with Crippen molar-refractivity contribution in [2.24, 2.45) is 5.41 Å². The van der Waals surface area contributed by atoms with Crippen molar-refractivity contribution in [1.82, 2.24) is 10.2 Å². The van der Waals surface area contributed by atoms with Crippen LogP contribution in [0.25, 0.3) is 0 Å². The van der Waals surface area contributed by atoms with E-state index in [-0.39, 0.29) is 0 Å². The van der Waals surface area contributed by atoms with E-state index in [0.717, 1.165) is 12.1 Å². The normalized spacial score (nSPS) is 29.4. The number of nitrogens with zero attached hydrogens (tertiary/aromatic N) is 1. The number of likely N-dealkylation sites (tertiary alicyclic amines) is 1. The molecule has 1 saturated heterocycles. The Hall–Kier alpha value is -0.0800. The highest BCUT2D eigenvalue weighted by Gasteiger charge is 2.31. The molecule has 1 aliphatic heterocycles. The van der Waals surface area contributed by atoms with Crippen LogP contribution >= 0.6 is 0 Å². The summed E-state index contributed by atoms with van der Waals surface area (Å²) in [6.45, 7) is 7.49. The first kappa shape index (κ1) is 12.4. The van der Waals surface area contributed by atoms with Gasteiger partial charge in [-0.15, -0.1) is 0 Å². The lowest BCUT2D eigenvalue weighted by atomic mass is 9.75. The topological polar surface area (TPSA) is 15.3 Å². The van der Waals surface area contributed by atoms with Crippen molar-refractivity contribution in [3.8, 4) is 0 Å². The molecule has 16 heavy (non-hydrogen) atoms. The van der Waals surface area contributed by atoms with Crippen molar-refractivity contribution < 1.29 is 0 Å². The summed E-state index contributed by atoms with van der Waals surface area (Å²) < 4.78 is 0. The summed E-state index contributed by atoms with van der Waals surface area (Å²) in [4.78, 5) is 2.75. The Kier molecular flexibility index (Phi) is 3.91. The number of nitrogens with one attached hydrogen (secondary N) is 1. The molecule has 1 heterocycles. The van der Waals surface area contributed by atoms with Crippen molar-refractivity contribution in [3.63, 3.8) is 0 Å². The molecule has 0 atom stereocenters. The van der Waals surface area contributed by atoms with E-state index in [1.165, 1.54) is 51.6 Å². The summed E-state index contributed by atoms with van der Waals surface area (Å²) in [5.41, 5.74) is 0.611. The van der Waals surface area contributed by atoms with E-state index >= 15 is 0 Å². The summed E-state index contributed by atoms with van der Waals surface area (Å²) in [6, 6.07) is 1.67. The Labute approximate surface area is 101 Å². The third kappa shape index (κ3) is 2.98. The Morgan fingerprint density at radius 2 is 1.56 bits per heavy atom. The van der Waals surface area contributed by atoms with Crippen LogP contribution in [0, 0.1) is 5.41 Å². The van der Waals surface area contributed by atoms with Gasteiger partial charge in [-0.1, -0.05) is 13.8 Å². The number of hydrogen-bond donors (Lipinski definition) is 1. The lowest BCUT2D eigenvalue weighted by Gasteiger charge is -2.43. The summed E-state index contributed by atoms with van der Waals surface area (Å²) >= 11 is 0. The maximum absolute atomic E-state index is 3.41. The Balaban J connectivity index is 1.78. The van der Waals surface area contributed by atoms with Gasteiger partial charge in [0, 0.05) is 12.1 Å². The van der Waals surface area contributed by atoms with Gasteiger partial charge in [-0.05, 0) is 64.1 Å². The Morgan fingerprint density at radius 1 is 1.00 bits per heavy atom. The zero-order valence-corrected chi connectivity index (χ0v) is 11.3. The SMILES string of the molecule is CNC1CCN(C2CCC(C)(C)CC2)CC1. The molecule has 0 unspecified atom stereocenters. The lowest BCUT2D eigenvalue weighted by molar-refractivity contribution is 0.0828. The second-order valence-corrected chi connectivity index (χ2v) is 6.49. The Bertz CT molecular complexity index is 207. The van der Waals surface area contributed by atoms with Gasteiger partial charge in [0.2, 0.25) is 0 Å². The number of rotatable bonds is 2. The fourth-order valence-electron chi connectivity index (χ4n) is 3.30. The maximum atomic E-state index is 3.41. The molecule has 1 N–H and O–H groups in total. The molecule has 0 spiro atoms. The molecular weight excluding hydrogens is 196 g/mol. The largest absolute Gasteiger partial charge is 0.317 e. The molecule has 0 radical (unpaired) electrons. The molecule has 2 rings (SSSR count). The highest BCUT2D eigenvalue weighted by Crippen LogP contribution is 2.37. The summed E-state index contributed by atoms with van der Waals surface area (Å²) in [7, 11) is 2.10.